The van der Waals surface area contributed by atoms with E-state index in [1.54, 1.807) is 41.7 Å². The minimum atomic E-state index is -0.0213. The van der Waals surface area contributed by atoms with Crippen LogP contribution in [0.3, 0.4) is 0 Å². The monoisotopic (exact) mass is 387 g/mol. The van der Waals surface area contributed by atoms with Crippen molar-refractivity contribution in [2.45, 2.75) is 19.4 Å². The lowest BCUT2D eigenvalue weighted by Crippen LogP contribution is -2.37. The van der Waals surface area contributed by atoms with Crippen molar-refractivity contribution in [2.24, 2.45) is 5.92 Å². The van der Waals surface area contributed by atoms with Crippen LogP contribution in [0.25, 0.3) is 16.8 Å². The van der Waals surface area contributed by atoms with Gasteiger partial charge in [-0.3, -0.25) is 14.3 Å². The van der Waals surface area contributed by atoms with E-state index >= 15 is 0 Å². The minimum absolute atomic E-state index is 0.0213. The SMILES string of the molecule is O=c1cc(-c2cccnc2)ncn1CC1CCN(c2nccn3nccc23)CC1. The Morgan fingerprint density at radius 2 is 1.97 bits per heavy atom. The molecule has 0 radical (unpaired) electrons. The van der Waals surface area contributed by atoms with Gasteiger partial charge in [-0.2, -0.15) is 5.10 Å². The first-order valence-electron chi connectivity index (χ1n) is 9.78. The van der Waals surface area contributed by atoms with Crippen LogP contribution >= 0.6 is 0 Å². The molecule has 4 aromatic heterocycles. The van der Waals surface area contributed by atoms with Gasteiger partial charge in [-0.15, -0.1) is 0 Å². The van der Waals surface area contributed by atoms with Crippen molar-refractivity contribution in [1.82, 2.24) is 29.1 Å². The van der Waals surface area contributed by atoms with E-state index in [1.807, 2.05) is 28.9 Å². The zero-order valence-corrected chi connectivity index (χ0v) is 15.9. The summed E-state index contributed by atoms with van der Waals surface area (Å²) in [4.78, 5) is 28.0. The van der Waals surface area contributed by atoms with Gasteiger partial charge in [0.1, 0.15) is 5.52 Å². The molecule has 0 spiro atoms. The molecule has 1 saturated heterocycles. The van der Waals surface area contributed by atoms with Gasteiger partial charge >= 0.3 is 0 Å². The van der Waals surface area contributed by atoms with Crippen molar-refractivity contribution >= 4 is 11.3 Å². The maximum Gasteiger partial charge on any atom is 0.253 e. The van der Waals surface area contributed by atoms with E-state index in [0.717, 1.165) is 42.8 Å². The third kappa shape index (κ3) is 3.49. The van der Waals surface area contributed by atoms with Crippen molar-refractivity contribution in [3.05, 3.63) is 71.9 Å². The number of hydrogen-bond acceptors (Lipinski definition) is 6. The molecule has 5 heterocycles. The van der Waals surface area contributed by atoms with E-state index in [2.05, 4.69) is 25.0 Å². The summed E-state index contributed by atoms with van der Waals surface area (Å²) in [7, 11) is 0. The first-order valence-corrected chi connectivity index (χ1v) is 9.78. The zero-order valence-electron chi connectivity index (χ0n) is 15.9. The van der Waals surface area contributed by atoms with Crippen molar-refractivity contribution in [1.29, 1.82) is 0 Å². The van der Waals surface area contributed by atoms with Gasteiger partial charge in [0, 0.05) is 56.1 Å². The number of rotatable bonds is 4. The maximum absolute atomic E-state index is 12.6. The molecular formula is C21H21N7O. The Balaban J connectivity index is 1.26. The number of fused-ring (bicyclic) bond motifs is 1. The quantitative estimate of drug-likeness (QED) is 0.534. The number of pyridine rings is 1. The van der Waals surface area contributed by atoms with Crippen LogP contribution in [0.1, 0.15) is 12.8 Å². The highest BCUT2D eigenvalue weighted by atomic mass is 16.1. The summed E-state index contributed by atoms with van der Waals surface area (Å²) in [6.45, 7) is 2.52. The molecule has 0 saturated carbocycles. The van der Waals surface area contributed by atoms with Gasteiger partial charge < -0.3 is 4.90 Å². The van der Waals surface area contributed by atoms with Crippen LogP contribution in [-0.4, -0.2) is 42.2 Å². The van der Waals surface area contributed by atoms with Crippen LogP contribution in [0.2, 0.25) is 0 Å². The van der Waals surface area contributed by atoms with Crippen LogP contribution in [0.4, 0.5) is 5.82 Å². The van der Waals surface area contributed by atoms with Crippen LogP contribution in [0.15, 0.2) is 66.4 Å². The smallest absolute Gasteiger partial charge is 0.253 e. The summed E-state index contributed by atoms with van der Waals surface area (Å²) in [5.41, 5.74) is 2.52. The van der Waals surface area contributed by atoms with Gasteiger partial charge in [0.2, 0.25) is 0 Å². The van der Waals surface area contributed by atoms with Crippen LogP contribution in [0, 0.1) is 5.92 Å². The Bertz CT molecular complexity index is 1180. The Labute approximate surface area is 167 Å². The van der Waals surface area contributed by atoms with Crippen molar-refractivity contribution in [3.63, 3.8) is 0 Å². The van der Waals surface area contributed by atoms with Gasteiger partial charge in [0.15, 0.2) is 5.82 Å². The summed E-state index contributed by atoms with van der Waals surface area (Å²) in [5.74, 6) is 1.42. The molecule has 0 aromatic carbocycles. The molecule has 0 aliphatic carbocycles. The Morgan fingerprint density at radius 3 is 2.76 bits per heavy atom. The molecule has 1 aliphatic heterocycles. The third-order valence-electron chi connectivity index (χ3n) is 5.51. The standard InChI is InChI=1S/C21H21N7O/c29-20-12-18(17-2-1-6-22-13-17)24-15-27(20)14-16-4-9-26(10-5-16)21-19-3-7-25-28(19)11-8-23-21/h1-3,6-8,11-13,15-16H,4-5,9-10,14H2. The maximum atomic E-state index is 12.6. The lowest BCUT2D eigenvalue weighted by atomic mass is 9.96. The summed E-state index contributed by atoms with van der Waals surface area (Å²) >= 11 is 0. The van der Waals surface area contributed by atoms with E-state index in [4.69, 9.17) is 0 Å². The van der Waals surface area contributed by atoms with Gasteiger partial charge in [-0.25, -0.2) is 14.5 Å². The zero-order chi connectivity index (χ0) is 19.6. The van der Waals surface area contributed by atoms with Crippen LogP contribution < -0.4 is 10.5 Å². The summed E-state index contributed by atoms with van der Waals surface area (Å²) in [5, 5.41) is 4.28. The molecule has 0 N–H and O–H groups in total. The third-order valence-corrected chi connectivity index (χ3v) is 5.51. The average Bonchev–Trinajstić information content (AvgIpc) is 3.25. The van der Waals surface area contributed by atoms with Gasteiger partial charge in [0.25, 0.3) is 5.56 Å². The molecule has 0 bridgehead atoms. The molecule has 0 amide bonds. The summed E-state index contributed by atoms with van der Waals surface area (Å²) < 4.78 is 3.57. The molecule has 4 aromatic rings. The minimum Gasteiger partial charge on any atom is -0.355 e. The second-order valence-electron chi connectivity index (χ2n) is 7.35. The molecule has 29 heavy (non-hydrogen) atoms. The van der Waals surface area contributed by atoms with Crippen LogP contribution in [0.5, 0.6) is 0 Å². The van der Waals surface area contributed by atoms with E-state index < -0.39 is 0 Å². The largest absolute Gasteiger partial charge is 0.355 e. The fourth-order valence-corrected chi connectivity index (χ4v) is 3.93. The predicted molar refractivity (Wildman–Crippen MR) is 110 cm³/mol. The first-order chi connectivity index (χ1) is 14.3. The Morgan fingerprint density at radius 1 is 1.07 bits per heavy atom. The molecule has 1 fully saturated rings. The highest BCUT2D eigenvalue weighted by Crippen LogP contribution is 2.25. The number of nitrogens with zero attached hydrogens (tertiary/aromatic N) is 7. The number of piperidine rings is 1. The fraction of sp³-hybridized carbons (Fsp3) is 0.286. The molecule has 8 heteroatoms. The molecular weight excluding hydrogens is 366 g/mol. The number of anilines is 1. The van der Waals surface area contributed by atoms with E-state index in [9.17, 15) is 4.79 Å². The lowest BCUT2D eigenvalue weighted by Gasteiger charge is -2.33. The number of aromatic nitrogens is 6. The van der Waals surface area contributed by atoms with Crippen LogP contribution in [-0.2, 0) is 6.54 Å². The Kier molecular flexibility index (Phi) is 4.51. The van der Waals surface area contributed by atoms with Crippen molar-refractivity contribution in [3.8, 4) is 11.3 Å². The molecule has 0 unspecified atom stereocenters. The van der Waals surface area contributed by atoms with E-state index in [-0.39, 0.29) is 5.56 Å². The highest BCUT2D eigenvalue weighted by Gasteiger charge is 2.22. The van der Waals surface area contributed by atoms with Gasteiger partial charge in [-0.05, 0) is 37.0 Å². The molecule has 0 atom stereocenters. The summed E-state index contributed by atoms with van der Waals surface area (Å²) in [6.07, 6.45) is 12.5. The van der Waals surface area contributed by atoms with E-state index in [1.165, 1.54) is 0 Å². The fourth-order valence-electron chi connectivity index (χ4n) is 3.93. The molecule has 1 aliphatic rings. The molecule has 146 valence electrons. The lowest BCUT2D eigenvalue weighted by molar-refractivity contribution is 0.350. The van der Waals surface area contributed by atoms with Crippen molar-refractivity contribution < 1.29 is 0 Å². The predicted octanol–water partition coefficient (Wildman–Crippen LogP) is 2.26. The first kappa shape index (κ1) is 17.5. The second kappa shape index (κ2) is 7.46. The molecule has 5 rings (SSSR count). The van der Waals surface area contributed by atoms with Gasteiger partial charge in [-0.1, -0.05) is 0 Å². The molecule has 8 nitrogen and oxygen atoms in total. The average molecular weight is 387 g/mol. The van der Waals surface area contributed by atoms with Crippen molar-refractivity contribution in [2.75, 3.05) is 18.0 Å². The van der Waals surface area contributed by atoms with Gasteiger partial charge in [0.05, 0.1) is 18.2 Å². The van der Waals surface area contributed by atoms with E-state index in [0.29, 0.717) is 18.2 Å². The summed E-state index contributed by atoms with van der Waals surface area (Å²) in [6, 6.07) is 7.33. The number of hydrogen-bond donors (Lipinski definition) is 0. The highest BCUT2D eigenvalue weighted by molar-refractivity contribution is 5.68. The topological polar surface area (TPSA) is 81.2 Å². The Hall–Kier alpha value is -3.55. The second-order valence-corrected chi connectivity index (χ2v) is 7.35. The normalized spacial score (nSPS) is 15.1.